The largest absolute Gasteiger partial charge is 0.387 e. The summed E-state index contributed by atoms with van der Waals surface area (Å²) in [5.74, 6) is 0. The third-order valence-corrected chi connectivity index (χ3v) is 3.99. The zero-order valence-electron chi connectivity index (χ0n) is 13.0. The van der Waals surface area contributed by atoms with Gasteiger partial charge in [-0.2, -0.15) is 5.10 Å². The van der Waals surface area contributed by atoms with Gasteiger partial charge >= 0.3 is 0 Å². The van der Waals surface area contributed by atoms with Gasteiger partial charge < -0.3 is 10.0 Å². The first kappa shape index (κ1) is 16.5. The maximum absolute atomic E-state index is 11.9. The molecule has 0 fully saturated rings. The maximum atomic E-state index is 11.9. The Kier molecular flexibility index (Phi) is 5.21. The van der Waals surface area contributed by atoms with E-state index < -0.39 is 6.10 Å². The number of aliphatic hydroxyl groups excluding tert-OH is 1. The fourth-order valence-electron chi connectivity index (χ4n) is 2.22. The molecular weight excluding hydrogens is 302 g/mol. The third-order valence-electron chi connectivity index (χ3n) is 3.64. The molecule has 0 saturated carbocycles. The van der Waals surface area contributed by atoms with Crippen molar-refractivity contribution in [2.24, 2.45) is 7.05 Å². The zero-order valence-corrected chi connectivity index (χ0v) is 13.7. The summed E-state index contributed by atoms with van der Waals surface area (Å²) < 4.78 is 1.19. The molecule has 6 heteroatoms. The Morgan fingerprint density at radius 3 is 2.59 bits per heavy atom. The highest BCUT2D eigenvalue weighted by atomic mass is 35.5. The molecular formula is C16H20ClN3O2. The van der Waals surface area contributed by atoms with Crippen LogP contribution in [-0.4, -0.2) is 28.0 Å². The van der Waals surface area contributed by atoms with Crippen molar-refractivity contribution in [2.75, 3.05) is 18.0 Å². The molecule has 0 aliphatic carbocycles. The van der Waals surface area contributed by atoms with Gasteiger partial charge in [-0.1, -0.05) is 41.4 Å². The fourth-order valence-corrected chi connectivity index (χ4v) is 2.51. The molecule has 0 aliphatic rings. The molecule has 0 aliphatic heterocycles. The smallest absolute Gasteiger partial charge is 0.287 e. The lowest BCUT2D eigenvalue weighted by Gasteiger charge is -2.26. The Morgan fingerprint density at radius 2 is 2.00 bits per heavy atom. The molecule has 1 atom stereocenters. The average Bonchev–Trinajstić information content (AvgIpc) is 2.51. The summed E-state index contributed by atoms with van der Waals surface area (Å²) in [5, 5.41) is 14.5. The topological polar surface area (TPSA) is 58.4 Å². The Bertz CT molecular complexity index is 698. The van der Waals surface area contributed by atoms with Crippen LogP contribution >= 0.6 is 11.6 Å². The number of aliphatic hydroxyl groups is 1. The lowest BCUT2D eigenvalue weighted by atomic mass is 10.1. The van der Waals surface area contributed by atoms with E-state index in [1.54, 1.807) is 13.2 Å². The number of likely N-dealkylation sites (N-methyl/N-ethyl adjacent to an activating group) is 1. The van der Waals surface area contributed by atoms with Crippen LogP contribution in [0.4, 0.5) is 5.69 Å². The summed E-state index contributed by atoms with van der Waals surface area (Å²) in [6.45, 7) is 4.89. The summed E-state index contributed by atoms with van der Waals surface area (Å²) in [6, 6.07) is 7.72. The number of nitrogens with zero attached hydrogens (tertiary/aromatic N) is 3. The van der Waals surface area contributed by atoms with Gasteiger partial charge in [0.05, 0.1) is 18.0 Å². The van der Waals surface area contributed by atoms with Crippen LogP contribution < -0.4 is 10.5 Å². The van der Waals surface area contributed by atoms with E-state index in [4.69, 9.17) is 11.6 Å². The average molecular weight is 322 g/mol. The van der Waals surface area contributed by atoms with Crippen molar-refractivity contribution in [3.8, 4) is 0 Å². The molecule has 2 aromatic rings. The molecule has 0 spiro atoms. The molecule has 1 aromatic heterocycles. The van der Waals surface area contributed by atoms with E-state index in [9.17, 15) is 9.90 Å². The fraction of sp³-hybridized carbons (Fsp3) is 0.375. The van der Waals surface area contributed by atoms with E-state index in [1.165, 1.54) is 4.68 Å². The second kappa shape index (κ2) is 6.94. The number of aromatic nitrogens is 2. The standard InChI is InChI=1S/C16H20ClN3O2/c1-4-20(13-9-18-19(3)16(22)15(13)17)10-14(21)12-7-5-11(2)6-8-12/h5-9,14,21H,4,10H2,1-3H3. The number of hydrogen-bond donors (Lipinski definition) is 1. The Labute approximate surface area is 134 Å². The summed E-state index contributed by atoms with van der Waals surface area (Å²) in [5.41, 5.74) is 2.17. The molecule has 1 unspecified atom stereocenters. The van der Waals surface area contributed by atoms with Gasteiger partial charge in [0.25, 0.3) is 5.56 Å². The van der Waals surface area contributed by atoms with Crippen LogP contribution in [-0.2, 0) is 7.05 Å². The lowest BCUT2D eigenvalue weighted by Crippen LogP contribution is -2.31. The van der Waals surface area contributed by atoms with Crippen molar-refractivity contribution in [2.45, 2.75) is 20.0 Å². The third kappa shape index (κ3) is 3.48. The van der Waals surface area contributed by atoms with Gasteiger partial charge in [0.2, 0.25) is 0 Å². The van der Waals surface area contributed by atoms with Crippen molar-refractivity contribution >= 4 is 17.3 Å². The van der Waals surface area contributed by atoms with Crippen molar-refractivity contribution in [3.05, 3.63) is 57.0 Å². The molecule has 2 rings (SSSR count). The number of aryl methyl sites for hydroxylation is 2. The maximum Gasteiger partial charge on any atom is 0.287 e. The van der Waals surface area contributed by atoms with E-state index in [2.05, 4.69) is 5.10 Å². The predicted molar refractivity (Wildman–Crippen MR) is 88.5 cm³/mol. The zero-order chi connectivity index (χ0) is 16.3. The number of anilines is 1. The number of hydrogen-bond acceptors (Lipinski definition) is 4. The molecule has 5 nitrogen and oxygen atoms in total. The van der Waals surface area contributed by atoms with Crippen LogP contribution in [0.25, 0.3) is 0 Å². The normalized spacial score (nSPS) is 12.2. The highest BCUT2D eigenvalue weighted by Gasteiger charge is 2.17. The van der Waals surface area contributed by atoms with Crippen LogP contribution in [0.2, 0.25) is 5.02 Å². The van der Waals surface area contributed by atoms with Gasteiger partial charge in [0.15, 0.2) is 0 Å². The number of benzene rings is 1. The first-order valence-corrected chi connectivity index (χ1v) is 7.53. The second-order valence-electron chi connectivity index (χ2n) is 5.24. The number of rotatable bonds is 5. The molecule has 0 saturated heterocycles. The Balaban J connectivity index is 2.24. The molecule has 1 aromatic carbocycles. The SMILES string of the molecule is CCN(CC(O)c1ccc(C)cc1)c1cnn(C)c(=O)c1Cl. The van der Waals surface area contributed by atoms with Crippen molar-refractivity contribution in [1.29, 1.82) is 0 Å². The molecule has 0 amide bonds. The molecule has 0 bridgehead atoms. The van der Waals surface area contributed by atoms with E-state index in [0.29, 0.717) is 18.8 Å². The first-order valence-electron chi connectivity index (χ1n) is 7.15. The van der Waals surface area contributed by atoms with E-state index >= 15 is 0 Å². The molecule has 1 heterocycles. The molecule has 0 radical (unpaired) electrons. The Morgan fingerprint density at radius 1 is 1.36 bits per heavy atom. The monoisotopic (exact) mass is 321 g/mol. The van der Waals surface area contributed by atoms with Gasteiger partial charge in [-0.05, 0) is 19.4 Å². The summed E-state index contributed by atoms with van der Waals surface area (Å²) in [6.07, 6.45) is 0.885. The van der Waals surface area contributed by atoms with E-state index in [0.717, 1.165) is 11.1 Å². The summed E-state index contributed by atoms with van der Waals surface area (Å²) >= 11 is 6.13. The van der Waals surface area contributed by atoms with Crippen LogP contribution in [0.3, 0.4) is 0 Å². The van der Waals surface area contributed by atoms with Gasteiger partial charge in [0, 0.05) is 20.1 Å². The molecule has 1 N–H and O–H groups in total. The van der Waals surface area contributed by atoms with Crippen LogP contribution in [0.1, 0.15) is 24.2 Å². The van der Waals surface area contributed by atoms with Crippen molar-refractivity contribution in [3.63, 3.8) is 0 Å². The minimum Gasteiger partial charge on any atom is -0.387 e. The predicted octanol–water partition coefficient (Wildman–Crippen LogP) is 2.30. The van der Waals surface area contributed by atoms with Gasteiger partial charge in [0.1, 0.15) is 5.02 Å². The van der Waals surface area contributed by atoms with Crippen LogP contribution in [0.5, 0.6) is 0 Å². The highest BCUT2D eigenvalue weighted by Crippen LogP contribution is 2.24. The second-order valence-corrected chi connectivity index (χ2v) is 5.62. The van der Waals surface area contributed by atoms with Crippen LogP contribution in [0.15, 0.2) is 35.3 Å². The van der Waals surface area contributed by atoms with Gasteiger partial charge in [-0.25, -0.2) is 4.68 Å². The van der Waals surface area contributed by atoms with Crippen LogP contribution in [0, 0.1) is 6.92 Å². The summed E-state index contributed by atoms with van der Waals surface area (Å²) in [7, 11) is 1.55. The van der Waals surface area contributed by atoms with E-state index in [-0.39, 0.29) is 10.6 Å². The lowest BCUT2D eigenvalue weighted by molar-refractivity contribution is 0.183. The number of halogens is 1. The highest BCUT2D eigenvalue weighted by molar-refractivity contribution is 6.33. The van der Waals surface area contributed by atoms with Crippen molar-refractivity contribution in [1.82, 2.24) is 9.78 Å². The van der Waals surface area contributed by atoms with Crippen molar-refractivity contribution < 1.29 is 5.11 Å². The van der Waals surface area contributed by atoms with E-state index in [1.807, 2.05) is 43.0 Å². The quantitative estimate of drug-likeness (QED) is 0.918. The minimum absolute atomic E-state index is 0.121. The van der Waals surface area contributed by atoms with Gasteiger partial charge in [-0.3, -0.25) is 4.79 Å². The molecule has 118 valence electrons. The minimum atomic E-state index is -0.666. The Hall–Kier alpha value is -1.85. The summed E-state index contributed by atoms with van der Waals surface area (Å²) in [4.78, 5) is 13.7. The first-order chi connectivity index (χ1) is 10.4. The molecule has 22 heavy (non-hydrogen) atoms. The van der Waals surface area contributed by atoms with Gasteiger partial charge in [-0.15, -0.1) is 0 Å².